The molecule has 0 aliphatic rings. The van der Waals surface area contributed by atoms with Gasteiger partial charge in [0.05, 0.1) is 0 Å². The van der Waals surface area contributed by atoms with Crippen molar-refractivity contribution in [1.82, 2.24) is 5.32 Å². The third-order valence-electron chi connectivity index (χ3n) is 3.17. The predicted octanol–water partition coefficient (Wildman–Crippen LogP) is 2.85. The van der Waals surface area contributed by atoms with Crippen LogP contribution in [0.1, 0.15) is 39.2 Å². The molecule has 2 atom stereocenters. The summed E-state index contributed by atoms with van der Waals surface area (Å²) < 4.78 is 0. The van der Waals surface area contributed by atoms with E-state index < -0.39 is 11.5 Å². The van der Waals surface area contributed by atoms with Crippen LogP contribution >= 0.6 is 0 Å². The topological polar surface area (TPSA) is 49.3 Å². The molecule has 0 aliphatic carbocycles. The second kappa shape index (κ2) is 6.55. The van der Waals surface area contributed by atoms with Gasteiger partial charge in [-0.25, -0.2) is 0 Å². The zero-order valence-electron chi connectivity index (χ0n) is 11.4. The summed E-state index contributed by atoms with van der Waals surface area (Å²) in [7, 11) is 0. The van der Waals surface area contributed by atoms with Gasteiger partial charge in [-0.05, 0) is 32.3 Å². The number of hydrogen-bond acceptors (Lipinski definition) is 2. The van der Waals surface area contributed by atoms with Crippen molar-refractivity contribution in [3.63, 3.8) is 0 Å². The van der Waals surface area contributed by atoms with E-state index in [1.54, 1.807) is 6.92 Å². The van der Waals surface area contributed by atoms with Crippen LogP contribution in [0, 0.1) is 0 Å². The van der Waals surface area contributed by atoms with Gasteiger partial charge in [-0.2, -0.15) is 0 Å². The van der Waals surface area contributed by atoms with E-state index in [9.17, 15) is 9.90 Å². The average Bonchev–Trinajstić information content (AvgIpc) is 2.30. The molecule has 18 heavy (non-hydrogen) atoms. The first-order valence-electron chi connectivity index (χ1n) is 6.53. The summed E-state index contributed by atoms with van der Waals surface area (Å²) in [5.74, 6) is -0.774. The van der Waals surface area contributed by atoms with Gasteiger partial charge in [-0.3, -0.25) is 10.1 Å². The molecule has 0 saturated carbocycles. The number of carbonyl (C=O) groups is 1. The first-order valence-corrected chi connectivity index (χ1v) is 6.53. The smallest absolute Gasteiger partial charge is 0.323 e. The van der Waals surface area contributed by atoms with Crippen LogP contribution in [0.4, 0.5) is 0 Å². The highest BCUT2D eigenvalue weighted by molar-refractivity contribution is 5.78. The van der Waals surface area contributed by atoms with Crippen LogP contribution in [-0.2, 0) is 11.2 Å². The van der Waals surface area contributed by atoms with Crippen LogP contribution in [0.2, 0.25) is 0 Å². The predicted molar refractivity (Wildman–Crippen MR) is 73.7 cm³/mol. The maximum absolute atomic E-state index is 11.3. The molecule has 0 radical (unpaired) electrons. The van der Waals surface area contributed by atoms with Crippen molar-refractivity contribution in [2.24, 2.45) is 0 Å². The Bertz CT molecular complexity index is 377. The molecule has 0 aromatic heterocycles. The molecule has 0 aliphatic heterocycles. The van der Waals surface area contributed by atoms with Crippen molar-refractivity contribution in [2.75, 3.05) is 0 Å². The SMILES string of the molecule is CCCC(C)(NC(C)Cc1ccccc1)C(=O)O. The summed E-state index contributed by atoms with van der Waals surface area (Å²) in [4.78, 5) is 11.3. The first kappa shape index (κ1) is 14.7. The summed E-state index contributed by atoms with van der Waals surface area (Å²) >= 11 is 0. The molecule has 1 aromatic carbocycles. The summed E-state index contributed by atoms with van der Waals surface area (Å²) in [5.41, 5.74) is 0.393. The van der Waals surface area contributed by atoms with Gasteiger partial charge in [0.25, 0.3) is 0 Å². The molecule has 100 valence electrons. The van der Waals surface area contributed by atoms with Crippen LogP contribution in [0.15, 0.2) is 30.3 Å². The van der Waals surface area contributed by atoms with Crippen LogP contribution < -0.4 is 5.32 Å². The molecule has 3 heteroatoms. The van der Waals surface area contributed by atoms with E-state index in [2.05, 4.69) is 17.4 Å². The third kappa shape index (κ3) is 4.15. The van der Waals surface area contributed by atoms with Crippen LogP contribution in [0.25, 0.3) is 0 Å². The largest absolute Gasteiger partial charge is 0.480 e. The lowest BCUT2D eigenvalue weighted by molar-refractivity contribution is -0.144. The lowest BCUT2D eigenvalue weighted by Gasteiger charge is -2.30. The lowest BCUT2D eigenvalue weighted by atomic mass is 9.94. The molecule has 2 N–H and O–H groups in total. The number of rotatable bonds is 7. The van der Waals surface area contributed by atoms with Crippen molar-refractivity contribution >= 4 is 5.97 Å². The molecule has 0 bridgehead atoms. The maximum atomic E-state index is 11.3. The van der Waals surface area contributed by atoms with Gasteiger partial charge in [0, 0.05) is 6.04 Å². The minimum absolute atomic E-state index is 0.139. The van der Waals surface area contributed by atoms with Crippen LogP contribution in [0.3, 0.4) is 0 Å². The molecule has 1 rings (SSSR count). The molecular formula is C15H23NO2. The van der Waals surface area contributed by atoms with E-state index in [4.69, 9.17) is 0 Å². The van der Waals surface area contributed by atoms with Gasteiger partial charge in [-0.1, -0.05) is 43.7 Å². The first-order chi connectivity index (χ1) is 8.48. The van der Waals surface area contributed by atoms with Crippen molar-refractivity contribution in [1.29, 1.82) is 0 Å². The molecule has 0 saturated heterocycles. The highest BCUT2D eigenvalue weighted by Crippen LogP contribution is 2.15. The van der Waals surface area contributed by atoms with E-state index in [1.165, 1.54) is 5.56 Å². The molecule has 2 unspecified atom stereocenters. The standard InChI is InChI=1S/C15H23NO2/c1-4-10-15(3,14(17)18)16-12(2)11-13-8-6-5-7-9-13/h5-9,12,16H,4,10-11H2,1-3H3,(H,17,18). The number of carboxylic acids is 1. The van der Waals surface area contributed by atoms with E-state index in [0.717, 1.165) is 12.8 Å². The maximum Gasteiger partial charge on any atom is 0.323 e. The minimum atomic E-state index is -0.830. The lowest BCUT2D eigenvalue weighted by Crippen LogP contribution is -2.53. The number of carboxylic acid groups (broad SMARTS) is 1. The number of nitrogens with one attached hydrogen (secondary N) is 1. The molecule has 0 amide bonds. The quantitative estimate of drug-likeness (QED) is 0.781. The number of benzene rings is 1. The fourth-order valence-electron chi connectivity index (χ4n) is 2.30. The van der Waals surface area contributed by atoms with E-state index in [0.29, 0.717) is 6.42 Å². The summed E-state index contributed by atoms with van der Waals surface area (Å²) in [6.07, 6.45) is 2.34. The Morgan fingerprint density at radius 3 is 2.50 bits per heavy atom. The van der Waals surface area contributed by atoms with Gasteiger partial charge in [-0.15, -0.1) is 0 Å². The van der Waals surface area contributed by atoms with Crippen molar-refractivity contribution in [2.45, 2.75) is 51.6 Å². The monoisotopic (exact) mass is 249 g/mol. The van der Waals surface area contributed by atoms with E-state index >= 15 is 0 Å². The Morgan fingerprint density at radius 2 is 2.00 bits per heavy atom. The Balaban J connectivity index is 2.62. The molecule has 0 spiro atoms. The second-order valence-electron chi connectivity index (χ2n) is 5.12. The number of aliphatic carboxylic acids is 1. The zero-order chi connectivity index (χ0) is 13.6. The third-order valence-corrected chi connectivity index (χ3v) is 3.17. The number of hydrogen-bond donors (Lipinski definition) is 2. The van der Waals surface area contributed by atoms with Crippen molar-refractivity contribution in [3.05, 3.63) is 35.9 Å². The Morgan fingerprint density at radius 1 is 1.39 bits per heavy atom. The van der Waals surface area contributed by atoms with Gasteiger partial charge < -0.3 is 5.11 Å². The minimum Gasteiger partial charge on any atom is -0.480 e. The van der Waals surface area contributed by atoms with Crippen LogP contribution in [0.5, 0.6) is 0 Å². The Kier molecular flexibility index (Phi) is 5.35. The Hall–Kier alpha value is -1.35. The fraction of sp³-hybridized carbons (Fsp3) is 0.533. The summed E-state index contributed by atoms with van der Waals surface area (Å²) in [5, 5.41) is 12.6. The van der Waals surface area contributed by atoms with Crippen molar-refractivity contribution in [3.8, 4) is 0 Å². The van der Waals surface area contributed by atoms with Gasteiger partial charge in [0.2, 0.25) is 0 Å². The molecule has 0 heterocycles. The van der Waals surface area contributed by atoms with E-state index in [-0.39, 0.29) is 6.04 Å². The highest BCUT2D eigenvalue weighted by atomic mass is 16.4. The van der Waals surface area contributed by atoms with Gasteiger partial charge in [0.15, 0.2) is 0 Å². The summed E-state index contributed by atoms with van der Waals surface area (Å²) in [6.45, 7) is 5.80. The molecule has 3 nitrogen and oxygen atoms in total. The molecule has 0 fully saturated rings. The second-order valence-corrected chi connectivity index (χ2v) is 5.12. The average molecular weight is 249 g/mol. The molecular weight excluding hydrogens is 226 g/mol. The summed E-state index contributed by atoms with van der Waals surface area (Å²) in [6, 6.07) is 10.3. The molecule has 1 aromatic rings. The van der Waals surface area contributed by atoms with Gasteiger partial charge in [0.1, 0.15) is 5.54 Å². The zero-order valence-corrected chi connectivity index (χ0v) is 11.4. The van der Waals surface area contributed by atoms with Gasteiger partial charge >= 0.3 is 5.97 Å². The van der Waals surface area contributed by atoms with Crippen molar-refractivity contribution < 1.29 is 9.90 Å². The Labute approximate surface area is 109 Å². The normalized spacial score (nSPS) is 15.9. The van der Waals surface area contributed by atoms with Crippen LogP contribution in [-0.4, -0.2) is 22.7 Å². The highest BCUT2D eigenvalue weighted by Gasteiger charge is 2.32. The fourth-order valence-corrected chi connectivity index (χ4v) is 2.30. The van der Waals surface area contributed by atoms with E-state index in [1.807, 2.05) is 32.0 Å².